The van der Waals surface area contributed by atoms with Crippen LogP contribution in [0, 0.1) is 0 Å². The van der Waals surface area contributed by atoms with Crippen LogP contribution in [0.4, 0.5) is 0 Å². The molecule has 0 spiro atoms. The lowest BCUT2D eigenvalue weighted by molar-refractivity contribution is 0.0851. The third-order valence-electron chi connectivity index (χ3n) is 2.59. The maximum absolute atomic E-state index is 9.25. The van der Waals surface area contributed by atoms with Crippen molar-refractivity contribution >= 4 is 0 Å². The summed E-state index contributed by atoms with van der Waals surface area (Å²) in [5.74, 6) is 0. The minimum Gasteiger partial charge on any atom is -0.392 e. The van der Waals surface area contributed by atoms with Crippen molar-refractivity contribution in [1.82, 2.24) is 9.80 Å². The molecule has 3 nitrogen and oxygen atoms in total. The number of allylic oxidation sites excluding steroid dienone is 1. The standard InChI is InChI=1S/C11H22N2O/c1-3-4-5-12-6-8-13(9-7-12)10-11(2)14/h3-4,11,14H,5-10H2,1-2H3/b4-3+. The number of β-amino-alcohol motifs (C(OH)–C–C–N with tert-alkyl or cyclic N) is 1. The zero-order valence-electron chi connectivity index (χ0n) is 9.32. The molecular formula is C11H22N2O. The molecule has 1 saturated heterocycles. The minimum absolute atomic E-state index is 0.197. The Balaban J connectivity index is 2.17. The maximum Gasteiger partial charge on any atom is 0.0639 e. The van der Waals surface area contributed by atoms with Crippen LogP contribution in [0.2, 0.25) is 0 Å². The Labute approximate surface area is 87.0 Å². The first-order valence-corrected chi connectivity index (χ1v) is 5.46. The third kappa shape index (κ3) is 4.22. The van der Waals surface area contributed by atoms with Gasteiger partial charge in [0.05, 0.1) is 6.10 Å². The van der Waals surface area contributed by atoms with E-state index in [1.807, 2.05) is 6.92 Å². The van der Waals surface area contributed by atoms with Crippen LogP contribution in [0.5, 0.6) is 0 Å². The highest BCUT2D eigenvalue weighted by molar-refractivity contribution is 4.83. The number of piperazine rings is 1. The Kier molecular flexibility index (Phi) is 5.15. The lowest BCUT2D eigenvalue weighted by Crippen LogP contribution is -2.48. The molecule has 1 aliphatic heterocycles. The predicted molar refractivity (Wildman–Crippen MR) is 59.4 cm³/mol. The van der Waals surface area contributed by atoms with E-state index < -0.39 is 0 Å². The molecule has 0 aromatic heterocycles. The van der Waals surface area contributed by atoms with Crippen LogP contribution in [0.25, 0.3) is 0 Å². The van der Waals surface area contributed by atoms with Gasteiger partial charge in [0.1, 0.15) is 0 Å². The van der Waals surface area contributed by atoms with Gasteiger partial charge in [-0.25, -0.2) is 0 Å². The zero-order chi connectivity index (χ0) is 10.4. The Morgan fingerprint density at radius 2 is 1.79 bits per heavy atom. The molecule has 3 heteroatoms. The van der Waals surface area contributed by atoms with Crippen LogP contribution < -0.4 is 0 Å². The van der Waals surface area contributed by atoms with E-state index in [9.17, 15) is 5.11 Å². The van der Waals surface area contributed by atoms with Crippen molar-refractivity contribution in [2.75, 3.05) is 39.3 Å². The molecule has 1 unspecified atom stereocenters. The average Bonchev–Trinajstić information content (AvgIpc) is 2.16. The molecule has 14 heavy (non-hydrogen) atoms. The molecule has 1 fully saturated rings. The van der Waals surface area contributed by atoms with E-state index in [-0.39, 0.29) is 6.10 Å². The van der Waals surface area contributed by atoms with Gasteiger partial charge in [-0.2, -0.15) is 0 Å². The smallest absolute Gasteiger partial charge is 0.0639 e. The first-order valence-electron chi connectivity index (χ1n) is 5.46. The summed E-state index contributed by atoms with van der Waals surface area (Å²) in [6.07, 6.45) is 4.10. The van der Waals surface area contributed by atoms with Crippen LogP contribution in [0.15, 0.2) is 12.2 Å². The summed E-state index contributed by atoms with van der Waals surface area (Å²) in [7, 11) is 0. The lowest BCUT2D eigenvalue weighted by Gasteiger charge is -2.34. The Hall–Kier alpha value is -0.380. The summed E-state index contributed by atoms with van der Waals surface area (Å²) >= 11 is 0. The highest BCUT2D eigenvalue weighted by Crippen LogP contribution is 2.02. The fraction of sp³-hybridized carbons (Fsp3) is 0.818. The van der Waals surface area contributed by atoms with Crippen molar-refractivity contribution in [3.05, 3.63) is 12.2 Å². The summed E-state index contributed by atoms with van der Waals surface area (Å²) in [5, 5.41) is 9.25. The Morgan fingerprint density at radius 1 is 1.21 bits per heavy atom. The fourth-order valence-corrected chi connectivity index (χ4v) is 1.78. The number of hydrogen-bond donors (Lipinski definition) is 1. The van der Waals surface area contributed by atoms with E-state index in [4.69, 9.17) is 0 Å². The molecule has 0 amide bonds. The molecular weight excluding hydrogens is 176 g/mol. The van der Waals surface area contributed by atoms with Gasteiger partial charge in [0.2, 0.25) is 0 Å². The van der Waals surface area contributed by atoms with Gasteiger partial charge in [0.15, 0.2) is 0 Å². The topological polar surface area (TPSA) is 26.7 Å². The molecule has 0 radical (unpaired) electrons. The second kappa shape index (κ2) is 6.17. The van der Waals surface area contributed by atoms with Crippen molar-refractivity contribution < 1.29 is 5.11 Å². The quantitative estimate of drug-likeness (QED) is 0.669. The normalized spacial score (nSPS) is 23.1. The molecule has 82 valence electrons. The monoisotopic (exact) mass is 198 g/mol. The lowest BCUT2D eigenvalue weighted by atomic mass is 10.2. The molecule has 0 aromatic carbocycles. The summed E-state index contributed by atoms with van der Waals surface area (Å²) in [5.41, 5.74) is 0. The van der Waals surface area contributed by atoms with Crippen LogP contribution in [0.3, 0.4) is 0 Å². The highest BCUT2D eigenvalue weighted by Gasteiger charge is 2.16. The molecule has 0 saturated carbocycles. The molecule has 1 heterocycles. The summed E-state index contributed by atoms with van der Waals surface area (Å²) in [6.45, 7) is 10.2. The van der Waals surface area contributed by atoms with Gasteiger partial charge in [-0.1, -0.05) is 12.2 Å². The number of hydrogen-bond acceptors (Lipinski definition) is 3. The van der Waals surface area contributed by atoms with E-state index in [0.717, 1.165) is 39.3 Å². The second-order valence-corrected chi connectivity index (χ2v) is 4.02. The van der Waals surface area contributed by atoms with Gasteiger partial charge in [0.25, 0.3) is 0 Å². The molecule has 1 atom stereocenters. The van der Waals surface area contributed by atoms with Gasteiger partial charge in [-0.05, 0) is 13.8 Å². The van der Waals surface area contributed by atoms with Crippen LogP contribution in [0.1, 0.15) is 13.8 Å². The van der Waals surface area contributed by atoms with E-state index >= 15 is 0 Å². The van der Waals surface area contributed by atoms with E-state index in [0.29, 0.717) is 0 Å². The van der Waals surface area contributed by atoms with Gasteiger partial charge >= 0.3 is 0 Å². The first kappa shape index (κ1) is 11.7. The van der Waals surface area contributed by atoms with Gasteiger partial charge in [0, 0.05) is 39.3 Å². The van der Waals surface area contributed by atoms with E-state index in [2.05, 4.69) is 28.9 Å². The molecule has 1 rings (SSSR count). The zero-order valence-corrected chi connectivity index (χ0v) is 9.32. The highest BCUT2D eigenvalue weighted by atomic mass is 16.3. The average molecular weight is 198 g/mol. The number of rotatable bonds is 4. The van der Waals surface area contributed by atoms with Crippen LogP contribution in [-0.4, -0.2) is 60.3 Å². The van der Waals surface area contributed by atoms with Gasteiger partial charge in [-0.3, -0.25) is 9.80 Å². The number of aliphatic hydroxyl groups is 1. The van der Waals surface area contributed by atoms with Gasteiger partial charge in [-0.15, -0.1) is 0 Å². The van der Waals surface area contributed by atoms with Crippen molar-refractivity contribution in [2.45, 2.75) is 20.0 Å². The van der Waals surface area contributed by atoms with E-state index in [1.165, 1.54) is 0 Å². The molecule has 1 N–H and O–H groups in total. The minimum atomic E-state index is -0.197. The van der Waals surface area contributed by atoms with Crippen LogP contribution >= 0.6 is 0 Å². The Bertz CT molecular complexity index is 172. The predicted octanol–water partition coefficient (Wildman–Crippen LogP) is 0.561. The van der Waals surface area contributed by atoms with Crippen molar-refractivity contribution in [1.29, 1.82) is 0 Å². The molecule has 0 bridgehead atoms. The van der Waals surface area contributed by atoms with Crippen LogP contribution in [-0.2, 0) is 0 Å². The second-order valence-electron chi connectivity index (χ2n) is 4.02. The number of nitrogens with zero attached hydrogens (tertiary/aromatic N) is 2. The van der Waals surface area contributed by atoms with Crippen molar-refractivity contribution in [3.63, 3.8) is 0 Å². The molecule has 1 aliphatic rings. The maximum atomic E-state index is 9.25. The first-order chi connectivity index (χ1) is 6.72. The fourth-order valence-electron chi connectivity index (χ4n) is 1.78. The largest absolute Gasteiger partial charge is 0.392 e. The van der Waals surface area contributed by atoms with Gasteiger partial charge < -0.3 is 5.11 Å². The van der Waals surface area contributed by atoms with Crippen molar-refractivity contribution in [2.24, 2.45) is 0 Å². The SMILES string of the molecule is C/C=C/CN1CCN(CC(C)O)CC1. The molecule has 0 aromatic rings. The molecule has 0 aliphatic carbocycles. The van der Waals surface area contributed by atoms with E-state index in [1.54, 1.807) is 0 Å². The number of aliphatic hydroxyl groups excluding tert-OH is 1. The summed E-state index contributed by atoms with van der Waals surface area (Å²) < 4.78 is 0. The Morgan fingerprint density at radius 3 is 2.29 bits per heavy atom. The third-order valence-corrected chi connectivity index (χ3v) is 2.59. The summed E-state index contributed by atoms with van der Waals surface area (Å²) in [6, 6.07) is 0. The van der Waals surface area contributed by atoms with Crippen molar-refractivity contribution in [3.8, 4) is 0 Å². The summed E-state index contributed by atoms with van der Waals surface area (Å²) in [4.78, 5) is 4.77.